The van der Waals surface area contributed by atoms with Crippen LogP contribution in [0.15, 0.2) is 48.5 Å². The van der Waals surface area contributed by atoms with Gasteiger partial charge in [0.15, 0.2) is 0 Å². The van der Waals surface area contributed by atoms with Gasteiger partial charge in [-0.2, -0.15) is 0 Å². The summed E-state index contributed by atoms with van der Waals surface area (Å²) in [6.07, 6.45) is -1.77. The molecule has 1 fully saturated rings. The minimum absolute atomic E-state index is 0.147. The highest BCUT2D eigenvalue weighted by molar-refractivity contribution is 5.27. The van der Waals surface area contributed by atoms with Gasteiger partial charge in [-0.3, -0.25) is 0 Å². The zero-order chi connectivity index (χ0) is 21.3. The van der Waals surface area contributed by atoms with Crippen LogP contribution in [0.5, 0.6) is 11.5 Å². The molecule has 7 heteroatoms. The molecule has 164 valence electrons. The van der Waals surface area contributed by atoms with Crippen molar-refractivity contribution < 1.29 is 33.9 Å². The lowest BCUT2D eigenvalue weighted by Gasteiger charge is -2.14. The number of aliphatic hydroxyl groups excluding tert-OH is 2. The number of rotatable bonds is 13. The lowest BCUT2D eigenvalue weighted by atomic mass is 10.1. The number of hydrogen-bond acceptors (Lipinski definition) is 7. The van der Waals surface area contributed by atoms with Gasteiger partial charge in [-0.1, -0.05) is 24.3 Å². The highest BCUT2D eigenvalue weighted by atomic mass is 16.6. The second-order valence-electron chi connectivity index (χ2n) is 7.32. The summed E-state index contributed by atoms with van der Waals surface area (Å²) in [5, 5.41) is 20.4. The van der Waals surface area contributed by atoms with Crippen molar-refractivity contribution >= 4 is 0 Å². The predicted octanol–water partition coefficient (Wildman–Crippen LogP) is 2.32. The van der Waals surface area contributed by atoms with Gasteiger partial charge in [0.2, 0.25) is 0 Å². The normalized spacial score (nSPS) is 19.9. The molecule has 4 atom stereocenters. The van der Waals surface area contributed by atoms with Crippen LogP contribution in [0.4, 0.5) is 0 Å². The molecule has 2 aromatic carbocycles. The molecule has 0 aliphatic carbocycles. The second-order valence-corrected chi connectivity index (χ2v) is 7.32. The third-order valence-electron chi connectivity index (χ3n) is 4.96. The summed E-state index contributed by atoms with van der Waals surface area (Å²) in [5.41, 5.74) is 2.03. The Hall–Kier alpha value is -2.16. The van der Waals surface area contributed by atoms with Gasteiger partial charge in [0.05, 0.1) is 52.9 Å². The Labute approximate surface area is 177 Å². The third kappa shape index (κ3) is 6.97. The van der Waals surface area contributed by atoms with Crippen molar-refractivity contribution in [3.05, 3.63) is 59.7 Å². The molecule has 1 heterocycles. The zero-order valence-electron chi connectivity index (χ0n) is 17.4. The SMILES string of the molecule is COc1ccc(COC[C@@H](O)C[C@@H](O)[C@@H]2O[C@@H]2COCc2ccc(OC)cc2)cc1. The molecule has 0 spiro atoms. The average molecular weight is 418 g/mol. The highest BCUT2D eigenvalue weighted by Gasteiger charge is 2.44. The summed E-state index contributed by atoms with van der Waals surface area (Å²) in [6.45, 7) is 1.40. The highest BCUT2D eigenvalue weighted by Crippen LogP contribution is 2.28. The number of benzene rings is 2. The van der Waals surface area contributed by atoms with Crippen LogP contribution in [-0.2, 0) is 27.4 Å². The van der Waals surface area contributed by atoms with Crippen LogP contribution >= 0.6 is 0 Å². The molecule has 0 aromatic heterocycles. The van der Waals surface area contributed by atoms with E-state index in [9.17, 15) is 10.2 Å². The number of aliphatic hydroxyl groups is 2. The van der Waals surface area contributed by atoms with Crippen molar-refractivity contribution in [2.75, 3.05) is 27.4 Å². The van der Waals surface area contributed by atoms with E-state index in [-0.39, 0.29) is 25.2 Å². The molecule has 1 saturated heterocycles. The van der Waals surface area contributed by atoms with Crippen molar-refractivity contribution in [2.45, 2.75) is 44.1 Å². The van der Waals surface area contributed by atoms with Crippen LogP contribution in [0.2, 0.25) is 0 Å². The Balaban J connectivity index is 1.27. The average Bonchev–Trinajstić information content (AvgIpc) is 3.54. The minimum Gasteiger partial charge on any atom is -0.497 e. The zero-order valence-corrected chi connectivity index (χ0v) is 17.4. The summed E-state index contributed by atoms with van der Waals surface area (Å²) in [6, 6.07) is 15.2. The van der Waals surface area contributed by atoms with E-state index < -0.39 is 12.2 Å². The third-order valence-corrected chi connectivity index (χ3v) is 4.96. The summed E-state index contributed by atoms with van der Waals surface area (Å²) < 4.78 is 26.9. The maximum absolute atomic E-state index is 10.3. The predicted molar refractivity (Wildman–Crippen MR) is 111 cm³/mol. The maximum Gasteiger partial charge on any atom is 0.118 e. The number of ether oxygens (including phenoxy) is 5. The summed E-state index contributed by atoms with van der Waals surface area (Å²) in [5.74, 6) is 1.59. The monoisotopic (exact) mass is 418 g/mol. The molecule has 3 rings (SSSR count). The lowest BCUT2D eigenvalue weighted by molar-refractivity contribution is -0.00415. The molecule has 2 N–H and O–H groups in total. The molecule has 2 aromatic rings. The molecule has 1 aliphatic heterocycles. The molecule has 0 amide bonds. The minimum atomic E-state index is -0.761. The van der Waals surface area contributed by atoms with Crippen LogP contribution < -0.4 is 9.47 Å². The van der Waals surface area contributed by atoms with E-state index in [1.807, 2.05) is 48.5 Å². The number of epoxide rings is 1. The standard InChI is InChI=1S/C23H30O7/c1-26-19-7-3-16(4-8-19)12-28-14-18(24)11-21(25)23-22(30-23)15-29-13-17-5-9-20(27-2)10-6-17/h3-10,18,21-25H,11-15H2,1-2H3/t18-,21+,22+,23-/m0/s1. The molecule has 30 heavy (non-hydrogen) atoms. The Kier molecular flexibility index (Phi) is 8.48. The van der Waals surface area contributed by atoms with Crippen LogP contribution in [0, 0.1) is 0 Å². The molecule has 0 bridgehead atoms. The first kappa shape index (κ1) is 22.5. The van der Waals surface area contributed by atoms with Crippen LogP contribution in [0.3, 0.4) is 0 Å². The fourth-order valence-corrected chi connectivity index (χ4v) is 3.16. The van der Waals surface area contributed by atoms with Crippen molar-refractivity contribution in [3.63, 3.8) is 0 Å². The van der Waals surface area contributed by atoms with Crippen molar-refractivity contribution in [1.82, 2.24) is 0 Å². The largest absolute Gasteiger partial charge is 0.497 e. The topological polar surface area (TPSA) is 89.9 Å². The molecule has 0 saturated carbocycles. The first-order chi connectivity index (χ1) is 14.6. The van der Waals surface area contributed by atoms with Crippen molar-refractivity contribution in [2.24, 2.45) is 0 Å². The Morgan fingerprint density at radius 1 is 0.833 bits per heavy atom. The Morgan fingerprint density at radius 3 is 1.90 bits per heavy atom. The maximum atomic E-state index is 10.3. The molecular weight excluding hydrogens is 388 g/mol. The van der Waals surface area contributed by atoms with Gasteiger partial charge in [-0.25, -0.2) is 0 Å². The van der Waals surface area contributed by atoms with E-state index in [1.165, 1.54) is 0 Å². The first-order valence-corrected chi connectivity index (χ1v) is 10.0. The van der Waals surface area contributed by atoms with Gasteiger partial charge in [0.25, 0.3) is 0 Å². The lowest BCUT2D eigenvalue weighted by Crippen LogP contribution is -2.27. The van der Waals surface area contributed by atoms with Gasteiger partial charge < -0.3 is 33.9 Å². The van der Waals surface area contributed by atoms with Gasteiger partial charge in [0.1, 0.15) is 23.7 Å². The van der Waals surface area contributed by atoms with E-state index in [1.54, 1.807) is 14.2 Å². The van der Waals surface area contributed by atoms with Gasteiger partial charge in [0, 0.05) is 6.42 Å². The molecule has 0 unspecified atom stereocenters. The van der Waals surface area contributed by atoms with E-state index in [0.717, 1.165) is 22.6 Å². The van der Waals surface area contributed by atoms with E-state index >= 15 is 0 Å². The molecule has 1 aliphatic rings. The van der Waals surface area contributed by atoms with Crippen LogP contribution in [0.1, 0.15) is 17.5 Å². The van der Waals surface area contributed by atoms with Crippen LogP contribution in [0.25, 0.3) is 0 Å². The fourth-order valence-electron chi connectivity index (χ4n) is 3.16. The molecule has 7 nitrogen and oxygen atoms in total. The quantitative estimate of drug-likeness (QED) is 0.483. The Bertz CT molecular complexity index is 747. The van der Waals surface area contributed by atoms with Gasteiger partial charge in [-0.15, -0.1) is 0 Å². The number of methoxy groups -OCH3 is 2. The van der Waals surface area contributed by atoms with Gasteiger partial charge >= 0.3 is 0 Å². The first-order valence-electron chi connectivity index (χ1n) is 10.0. The smallest absolute Gasteiger partial charge is 0.118 e. The summed E-state index contributed by atoms with van der Waals surface area (Å²) in [7, 11) is 3.25. The van der Waals surface area contributed by atoms with E-state index in [0.29, 0.717) is 19.8 Å². The summed E-state index contributed by atoms with van der Waals surface area (Å²) >= 11 is 0. The second kappa shape index (κ2) is 11.3. The molecular formula is C23H30O7. The van der Waals surface area contributed by atoms with Crippen LogP contribution in [-0.4, -0.2) is 62.1 Å². The van der Waals surface area contributed by atoms with E-state index in [2.05, 4.69) is 0 Å². The van der Waals surface area contributed by atoms with E-state index in [4.69, 9.17) is 23.7 Å². The number of hydrogen-bond donors (Lipinski definition) is 2. The Morgan fingerprint density at radius 2 is 1.37 bits per heavy atom. The fraction of sp³-hybridized carbons (Fsp3) is 0.478. The summed E-state index contributed by atoms with van der Waals surface area (Å²) in [4.78, 5) is 0. The molecule has 0 radical (unpaired) electrons. The van der Waals surface area contributed by atoms with Crippen molar-refractivity contribution in [3.8, 4) is 11.5 Å². The van der Waals surface area contributed by atoms with Crippen molar-refractivity contribution in [1.29, 1.82) is 0 Å². The van der Waals surface area contributed by atoms with Gasteiger partial charge in [-0.05, 0) is 35.4 Å².